The van der Waals surface area contributed by atoms with Gasteiger partial charge in [-0.15, -0.1) is 0 Å². The minimum Gasteiger partial charge on any atom is -1.00 e. The molecule has 2 N–H and O–H groups in total. The Labute approximate surface area is 232 Å². The van der Waals surface area contributed by atoms with Crippen molar-refractivity contribution in [2.75, 3.05) is 19.4 Å². The van der Waals surface area contributed by atoms with E-state index < -0.39 is 40.5 Å². The predicted octanol–water partition coefficient (Wildman–Crippen LogP) is 3.35. The van der Waals surface area contributed by atoms with Crippen LogP contribution in [0.25, 0.3) is 0 Å². The van der Waals surface area contributed by atoms with Gasteiger partial charge in [0.1, 0.15) is 12.6 Å². The Morgan fingerprint density at radius 2 is 1.58 bits per heavy atom. The molecule has 0 spiro atoms. The lowest BCUT2D eigenvalue weighted by Gasteiger charge is -2.44. The number of urea groups is 1. The van der Waals surface area contributed by atoms with Crippen molar-refractivity contribution in [2.24, 2.45) is 0 Å². The van der Waals surface area contributed by atoms with E-state index >= 15 is 0 Å². The van der Waals surface area contributed by atoms with Crippen molar-refractivity contribution in [1.29, 1.82) is 0 Å². The Kier molecular flexibility index (Phi) is 10.0. The molecule has 1 aliphatic carbocycles. The summed E-state index contributed by atoms with van der Waals surface area (Å²) in [6.45, 7) is -0.123. The molecule has 2 aromatic rings. The summed E-state index contributed by atoms with van der Waals surface area (Å²) in [6.07, 6.45) is -7.16. The molecule has 210 valence electrons. The molecule has 0 unspecified atom stereocenters. The second kappa shape index (κ2) is 12.1. The highest BCUT2D eigenvalue weighted by molar-refractivity contribution is 5.89. The number of non-ortho nitro benzene ring substituents is 1. The molecule has 2 amide bonds. The van der Waals surface area contributed by atoms with Gasteiger partial charge in [-0.1, -0.05) is 12.5 Å². The minimum atomic E-state index is -4.94. The molecule has 0 bridgehead atoms. The molecule has 2 atom stereocenters. The molecule has 0 aromatic heterocycles. The maximum atomic E-state index is 13.3. The van der Waals surface area contributed by atoms with Gasteiger partial charge in [-0.2, -0.15) is 26.3 Å². The fraction of sp³-hybridized carbons (Fsp3) is 0.458. The predicted molar refractivity (Wildman–Crippen MR) is 124 cm³/mol. The zero-order valence-electron chi connectivity index (χ0n) is 20.5. The molecule has 0 heterocycles. The smallest absolute Gasteiger partial charge is 0.416 e. The van der Waals surface area contributed by atoms with E-state index in [4.69, 9.17) is 0 Å². The number of nitrogens with zero attached hydrogens (tertiary/aromatic N) is 2. The number of amides is 2. The van der Waals surface area contributed by atoms with E-state index in [-0.39, 0.29) is 64.1 Å². The molecule has 1 saturated carbocycles. The maximum Gasteiger partial charge on any atom is 0.416 e. The van der Waals surface area contributed by atoms with Crippen molar-refractivity contribution in [3.63, 3.8) is 0 Å². The van der Waals surface area contributed by atoms with Gasteiger partial charge in [-0.3, -0.25) is 10.1 Å². The molecule has 1 aliphatic rings. The maximum absolute atomic E-state index is 13.3. The van der Waals surface area contributed by atoms with Gasteiger partial charge >= 0.3 is 18.4 Å². The molecule has 3 rings (SSSR count). The van der Waals surface area contributed by atoms with Gasteiger partial charge in [0.25, 0.3) is 5.69 Å². The van der Waals surface area contributed by atoms with Crippen LogP contribution in [-0.2, 0) is 18.9 Å². The van der Waals surface area contributed by atoms with Gasteiger partial charge in [0, 0.05) is 29.8 Å². The molecular formula is C24H27F6IN4O3. The van der Waals surface area contributed by atoms with Crippen molar-refractivity contribution in [3.8, 4) is 0 Å². The van der Waals surface area contributed by atoms with Crippen LogP contribution < -0.4 is 34.6 Å². The minimum absolute atomic E-state index is 0. The summed E-state index contributed by atoms with van der Waals surface area (Å²) in [6, 6.07) is 5.61. The Hall–Kier alpha value is -2.62. The highest BCUT2D eigenvalue weighted by Crippen LogP contribution is 2.37. The standard InChI is InChI=1S/C24H26F6N4O3.HI/c1-34(2,14-15-10-16(23(25,26)27)12-17(11-15)24(28,29)30)21-9-4-3-8-20(21)32-22(35)31-18-6-5-7-19(13-18)33(36)37;/h5-7,10-13,20-21H,3-4,8-9,14H2,1-2H3,(H-,31,32,35);1H/t20-,21-;/m0./s1. The zero-order chi connectivity index (χ0) is 27.6. The van der Waals surface area contributed by atoms with Crippen LogP contribution in [0, 0.1) is 10.1 Å². The van der Waals surface area contributed by atoms with Gasteiger partial charge in [-0.05, 0) is 37.1 Å². The number of halogens is 7. The number of anilines is 1. The molecule has 0 saturated heterocycles. The van der Waals surface area contributed by atoms with E-state index in [1.165, 1.54) is 24.3 Å². The quantitative estimate of drug-likeness (QED) is 0.164. The van der Waals surface area contributed by atoms with Crippen LogP contribution in [0.1, 0.15) is 42.4 Å². The highest BCUT2D eigenvalue weighted by Gasteiger charge is 2.41. The lowest BCUT2D eigenvalue weighted by Crippen LogP contribution is -3.00. The lowest BCUT2D eigenvalue weighted by atomic mass is 9.87. The molecule has 14 heteroatoms. The van der Waals surface area contributed by atoms with E-state index in [1.807, 2.05) is 0 Å². The highest BCUT2D eigenvalue weighted by atomic mass is 127. The molecule has 1 fully saturated rings. The van der Waals surface area contributed by atoms with Gasteiger partial charge in [0.05, 0.1) is 36.2 Å². The van der Waals surface area contributed by atoms with Crippen LogP contribution in [0.5, 0.6) is 0 Å². The average molecular weight is 660 g/mol. The molecule has 38 heavy (non-hydrogen) atoms. The van der Waals surface area contributed by atoms with Crippen LogP contribution in [0.15, 0.2) is 42.5 Å². The van der Waals surface area contributed by atoms with Gasteiger partial charge in [0.15, 0.2) is 0 Å². The summed E-state index contributed by atoms with van der Waals surface area (Å²) < 4.78 is 79.9. The molecular weight excluding hydrogens is 633 g/mol. The number of carbonyl (C=O) groups is 1. The Morgan fingerprint density at radius 3 is 2.13 bits per heavy atom. The number of quaternary nitrogens is 1. The molecule has 2 aromatic carbocycles. The summed E-state index contributed by atoms with van der Waals surface area (Å²) >= 11 is 0. The van der Waals surface area contributed by atoms with Crippen molar-refractivity contribution >= 4 is 17.4 Å². The van der Waals surface area contributed by atoms with E-state index in [1.54, 1.807) is 14.1 Å². The van der Waals surface area contributed by atoms with Crippen LogP contribution in [0.2, 0.25) is 0 Å². The van der Waals surface area contributed by atoms with E-state index in [2.05, 4.69) is 10.6 Å². The number of alkyl halides is 6. The third-order valence-corrected chi connectivity index (χ3v) is 6.50. The van der Waals surface area contributed by atoms with Crippen LogP contribution in [0.4, 0.5) is 42.5 Å². The second-order valence-corrected chi connectivity index (χ2v) is 9.72. The van der Waals surface area contributed by atoms with Crippen LogP contribution >= 0.6 is 0 Å². The largest absolute Gasteiger partial charge is 1.00 e. The Morgan fingerprint density at radius 1 is 1.00 bits per heavy atom. The number of hydrogen-bond acceptors (Lipinski definition) is 3. The fourth-order valence-electron chi connectivity index (χ4n) is 4.85. The van der Waals surface area contributed by atoms with E-state index in [9.17, 15) is 41.3 Å². The number of carbonyl (C=O) groups excluding carboxylic acids is 1. The summed E-state index contributed by atoms with van der Waals surface area (Å²) in [5.74, 6) is 0. The summed E-state index contributed by atoms with van der Waals surface area (Å²) in [4.78, 5) is 23.0. The van der Waals surface area contributed by atoms with Crippen LogP contribution in [0.3, 0.4) is 0 Å². The summed E-state index contributed by atoms with van der Waals surface area (Å²) in [5.41, 5.74) is -2.85. The number of benzene rings is 2. The number of rotatable bonds is 6. The monoisotopic (exact) mass is 660 g/mol. The second-order valence-electron chi connectivity index (χ2n) is 9.72. The number of likely N-dealkylation sites (N-methyl/N-ethyl adjacent to an activating group) is 1. The van der Waals surface area contributed by atoms with Gasteiger partial charge < -0.3 is 39.1 Å². The SMILES string of the molecule is C[N+](C)(Cc1cc(C(F)(F)F)cc(C(F)(F)F)c1)[C@H]1CCCC[C@@H]1NC(=O)Nc1cccc([N+](=O)[O-])c1.[I-]. The topological polar surface area (TPSA) is 84.3 Å². The number of nitro benzene ring substituents is 1. The first-order chi connectivity index (χ1) is 17.1. The third kappa shape index (κ3) is 8.19. The van der Waals surface area contributed by atoms with Crippen molar-refractivity contribution in [1.82, 2.24) is 5.32 Å². The van der Waals surface area contributed by atoms with Crippen LogP contribution in [-0.4, -0.2) is 41.6 Å². The fourth-order valence-corrected chi connectivity index (χ4v) is 4.85. The van der Waals surface area contributed by atoms with E-state index in [0.29, 0.717) is 12.8 Å². The Bertz CT molecular complexity index is 1120. The van der Waals surface area contributed by atoms with Crippen molar-refractivity contribution in [2.45, 2.75) is 56.7 Å². The third-order valence-electron chi connectivity index (χ3n) is 6.50. The van der Waals surface area contributed by atoms with Crippen molar-refractivity contribution in [3.05, 3.63) is 69.3 Å². The first-order valence-electron chi connectivity index (χ1n) is 11.5. The first-order valence-corrected chi connectivity index (χ1v) is 11.5. The van der Waals surface area contributed by atoms with Crippen molar-refractivity contribution < 1.29 is 64.5 Å². The number of nitrogens with one attached hydrogen (secondary N) is 2. The number of nitro groups is 1. The summed E-state index contributed by atoms with van der Waals surface area (Å²) in [5, 5.41) is 16.3. The van der Waals surface area contributed by atoms with E-state index in [0.717, 1.165) is 25.0 Å². The molecule has 0 radical (unpaired) electrons. The molecule has 0 aliphatic heterocycles. The lowest BCUT2D eigenvalue weighted by molar-refractivity contribution is -0.930. The average Bonchev–Trinajstić information content (AvgIpc) is 2.77. The number of hydrogen-bond donors (Lipinski definition) is 2. The van der Waals surface area contributed by atoms with Gasteiger partial charge in [-0.25, -0.2) is 4.79 Å². The first kappa shape index (κ1) is 31.6. The summed E-state index contributed by atoms with van der Waals surface area (Å²) in [7, 11) is 3.41. The van der Waals surface area contributed by atoms with Gasteiger partial charge in [0.2, 0.25) is 0 Å². The molecule has 7 nitrogen and oxygen atoms in total. The normalized spacial score (nSPS) is 18.3. The zero-order valence-corrected chi connectivity index (χ0v) is 22.7. The Balaban J connectivity index is 0.00000507.